The molecule has 2 N–H and O–H groups in total. The Bertz CT molecular complexity index is 538. The van der Waals surface area contributed by atoms with E-state index in [0.717, 1.165) is 16.5 Å². The molecule has 0 saturated heterocycles. The lowest BCUT2D eigenvalue weighted by Crippen LogP contribution is -2.01. The smallest absolute Gasteiger partial charge is 0.258 e. The van der Waals surface area contributed by atoms with Gasteiger partial charge in [-0.05, 0) is 40.5 Å². The van der Waals surface area contributed by atoms with Gasteiger partial charge in [0.25, 0.3) is 5.89 Å². The van der Waals surface area contributed by atoms with Gasteiger partial charge in [0.2, 0.25) is 5.82 Å². The Labute approximate surface area is 113 Å². The standard InChI is InChI=1S/C12H14BrN3O2/c1-3-10(17-2)11-15-12(18-16-11)7-4-5-9(14)8(13)6-7/h4-6,10H,3,14H2,1-2H3. The third-order valence-electron chi connectivity index (χ3n) is 2.63. The lowest BCUT2D eigenvalue weighted by molar-refractivity contribution is 0.0903. The van der Waals surface area contributed by atoms with Crippen molar-refractivity contribution in [3.05, 3.63) is 28.5 Å². The van der Waals surface area contributed by atoms with Gasteiger partial charge in [0.15, 0.2) is 0 Å². The molecule has 0 radical (unpaired) electrons. The Kier molecular flexibility index (Phi) is 3.98. The zero-order valence-electron chi connectivity index (χ0n) is 10.2. The van der Waals surface area contributed by atoms with Crippen LogP contribution in [0.15, 0.2) is 27.2 Å². The number of hydrogen-bond acceptors (Lipinski definition) is 5. The topological polar surface area (TPSA) is 74.2 Å². The van der Waals surface area contributed by atoms with Gasteiger partial charge in [0.1, 0.15) is 6.10 Å². The number of aromatic nitrogens is 2. The Balaban J connectivity index is 2.31. The molecule has 1 heterocycles. The second-order valence-corrected chi connectivity index (χ2v) is 4.68. The first-order chi connectivity index (χ1) is 8.65. The highest BCUT2D eigenvalue weighted by Crippen LogP contribution is 2.27. The van der Waals surface area contributed by atoms with E-state index >= 15 is 0 Å². The van der Waals surface area contributed by atoms with Crippen molar-refractivity contribution in [3.63, 3.8) is 0 Å². The molecular weight excluding hydrogens is 298 g/mol. The number of rotatable bonds is 4. The van der Waals surface area contributed by atoms with E-state index in [1.807, 2.05) is 19.1 Å². The minimum absolute atomic E-state index is 0.139. The van der Waals surface area contributed by atoms with Crippen molar-refractivity contribution in [3.8, 4) is 11.5 Å². The fraction of sp³-hybridized carbons (Fsp3) is 0.333. The predicted octanol–water partition coefficient (Wildman–Crippen LogP) is 3.18. The summed E-state index contributed by atoms with van der Waals surface area (Å²) in [7, 11) is 1.63. The van der Waals surface area contributed by atoms with Gasteiger partial charge in [-0.2, -0.15) is 4.98 Å². The van der Waals surface area contributed by atoms with Crippen LogP contribution in [0.4, 0.5) is 5.69 Å². The number of anilines is 1. The molecule has 5 nitrogen and oxygen atoms in total. The molecule has 2 aromatic rings. The van der Waals surface area contributed by atoms with Gasteiger partial charge in [0.05, 0.1) is 0 Å². The molecule has 0 saturated carbocycles. The molecule has 0 spiro atoms. The van der Waals surface area contributed by atoms with Crippen molar-refractivity contribution in [2.75, 3.05) is 12.8 Å². The summed E-state index contributed by atoms with van der Waals surface area (Å²) < 4.78 is 11.3. The number of benzene rings is 1. The van der Waals surface area contributed by atoms with Crippen LogP contribution in [0, 0.1) is 0 Å². The largest absolute Gasteiger partial charge is 0.398 e. The highest BCUT2D eigenvalue weighted by Gasteiger charge is 2.17. The van der Waals surface area contributed by atoms with E-state index < -0.39 is 0 Å². The summed E-state index contributed by atoms with van der Waals surface area (Å²) in [5.74, 6) is 1.02. The Morgan fingerprint density at radius 3 is 2.89 bits per heavy atom. The van der Waals surface area contributed by atoms with Gasteiger partial charge < -0.3 is 15.0 Å². The van der Waals surface area contributed by atoms with Crippen LogP contribution >= 0.6 is 15.9 Å². The van der Waals surface area contributed by atoms with Crippen molar-refractivity contribution in [2.24, 2.45) is 0 Å². The van der Waals surface area contributed by atoms with E-state index in [0.29, 0.717) is 17.4 Å². The van der Waals surface area contributed by atoms with Crippen molar-refractivity contribution < 1.29 is 9.26 Å². The maximum Gasteiger partial charge on any atom is 0.258 e. The van der Waals surface area contributed by atoms with Crippen LogP contribution in [0.25, 0.3) is 11.5 Å². The number of hydrogen-bond donors (Lipinski definition) is 1. The molecule has 96 valence electrons. The lowest BCUT2D eigenvalue weighted by atomic mass is 10.2. The Hall–Kier alpha value is -1.40. The summed E-state index contributed by atoms with van der Waals surface area (Å²) in [4.78, 5) is 4.33. The number of methoxy groups -OCH3 is 1. The first-order valence-electron chi connectivity index (χ1n) is 5.57. The van der Waals surface area contributed by atoms with Gasteiger partial charge in [-0.1, -0.05) is 12.1 Å². The van der Waals surface area contributed by atoms with E-state index in [1.54, 1.807) is 13.2 Å². The summed E-state index contributed by atoms with van der Waals surface area (Å²) >= 11 is 3.37. The fourth-order valence-corrected chi connectivity index (χ4v) is 1.98. The normalized spacial score (nSPS) is 12.6. The van der Waals surface area contributed by atoms with Crippen LogP contribution in [0.5, 0.6) is 0 Å². The van der Waals surface area contributed by atoms with E-state index in [1.165, 1.54) is 0 Å². The summed E-state index contributed by atoms with van der Waals surface area (Å²) in [5, 5.41) is 3.93. The first-order valence-corrected chi connectivity index (χ1v) is 6.36. The summed E-state index contributed by atoms with van der Waals surface area (Å²) in [6, 6.07) is 5.47. The second kappa shape index (κ2) is 5.49. The highest BCUT2D eigenvalue weighted by atomic mass is 79.9. The number of nitrogen functional groups attached to an aromatic ring is 1. The Morgan fingerprint density at radius 1 is 1.50 bits per heavy atom. The molecule has 0 aliphatic rings. The summed E-state index contributed by atoms with van der Waals surface area (Å²) in [6.07, 6.45) is 0.653. The molecule has 1 atom stereocenters. The third kappa shape index (κ3) is 2.54. The minimum atomic E-state index is -0.139. The lowest BCUT2D eigenvalue weighted by Gasteiger charge is -2.06. The molecule has 2 rings (SSSR count). The monoisotopic (exact) mass is 311 g/mol. The molecule has 1 aromatic heterocycles. The zero-order valence-corrected chi connectivity index (χ0v) is 11.8. The number of halogens is 1. The molecule has 0 aliphatic heterocycles. The molecular formula is C12H14BrN3O2. The van der Waals surface area contributed by atoms with E-state index in [9.17, 15) is 0 Å². The van der Waals surface area contributed by atoms with E-state index in [4.69, 9.17) is 15.0 Å². The van der Waals surface area contributed by atoms with E-state index in [2.05, 4.69) is 26.1 Å². The van der Waals surface area contributed by atoms with Gasteiger partial charge in [-0.25, -0.2) is 0 Å². The van der Waals surface area contributed by atoms with Crippen LogP contribution in [0.3, 0.4) is 0 Å². The Morgan fingerprint density at radius 2 is 2.28 bits per heavy atom. The number of nitrogens with two attached hydrogens (primary N) is 1. The highest BCUT2D eigenvalue weighted by molar-refractivity contribution is 9.10. The summed E-state index contributed by atoms with van der Waals surface area (Å²) in [5.41, 5.74) is 7.22. The van der Waals surface area contributed by atoms with Gasteiger partial charge in [0, 0.05) is 22.8 Å². The molecule has 6 heteroatoms. The first kappa shape index (κ1) is 13.0. The third-order valence-corrected chi connectivity index (χ3v) is 3.32. The maximum absolute atomic E-state index is 5.73. The van der Waals surface area contributed by atoms with Crippen LogP contribution in [-0.4, -0.2) is 17.3 Å². The van der Waals surface area contributed by atoms with Gasteiger partial charge in [-0.3, -0.25) is 0 Å². The van der Waals surface area contributed by atoms with Crippen molar-refractivity contribution in [1.29, 1.82) is 0 Å². The number of ether oxygens (including phenoxy) is 1. The molecule has 0 bridgehead atoms. The molecule has 0 fully saturated rings. The maximum atomic E-state index is 5.73. The quantitative estimate of drug-likeness (QED) is 0.878. The van der Waals surface area contributed by atoms with Crippen molar-refractivity contribution in [2.45, 2.75) is 19.4 Å². The molecule has 0 amide bonds. The minimum Gasteiger partial charge on any atom is -0.398 e. The van der Waals surface area contributed by atoms with Gasteiger partial charge >= 0.3 is 0 Å². The number of nitrogens with zero attached hydrogens (tertiary/aromatic N) is 2. The van der Waals surface area contributed by atoms with Crippen LogP contribution in [-0.2, 0) is 4.74 Å². The zero-order chi connectivity index (χ0) is 13.1. The molecule has 1 unspecified atom stereocenters. The predicted molar refractivity (Wildman–Crippen MR) is 71.9 cm³/mol. The molecule has 0 aliphatic carbocycles. The second-order valence-electron chi connectivity index (χ2n) is 3.83. The van der Waals surface area contributed by atoms with Crippen LogP contribution in [0.1, 0.15) is 25.3 Å². The van der Waals surface area contributed by atoms with E-state index in [-0.39, 0.29) is 6.10 Å². The van der Waals surface area contributed by atoms with Crippen LogP contribution in [0.2, 0.25) is 0 Å². The average Bonchev–Trinajstić information content (AvgIpc) is 2.84. The fourth-order valence-electron chi connectivity index (χ4n) is 1.60. The van der Waals surface area contributed by atoms with Crippen LogP contribution < -0.4 is 5.73 Å². The van der Waals surface area contributed by atoms with Crippen molar-refractivity contribution >= 4 is 21.6 Å². The van der Waals surface area contributed by atoms with Gasteiger partial charge in [-0.15, -0.1) is 0 Å². The SMILES string of the molecule is CCC(OC)c1noc(-c2ccc(N)c(Br)c2)n1. The summed E-state index contributed by atoms with van der Waals surface area (Å²) in [6.45, 7) is 2.00. The molecule has 1 aromatic carbocycles. The molecule has 18 heavy (non-hydrogen) atoms. The average molecular weight is 312 g/mol. The van der Waals surface area contributed by atoms with Crippen molar-refractivity contribution in [1.82, 2.24) is 10.1 Å².